The van der Waals surface area contributed by atoms with E-state index >= 15 is 0 Å². The summed E-state index contributed by atoms with van der Waals surface area (Å²) in [7, 11) is 0. The van der Waals surface area contributed by atoms with E-state index in [9.17, 15) is 0 Å². The van der Waals surface area contributed by atoms with E-state index < -0.39 is 0 Å². The molecule has 47 heavy (non-hydrogen) atoms. The molecule has 0 heterocycles. The van der Waals surface area contributed by atoms with Crippen LogP contribution in [-0.2, 0) is 0 Å². The minimum atomic E-state index is 0.585. The van der Waals surface area contributed by atoms with Crippen LogP contribution in [-0.4, -0.2) is 0 Å². The SMILES string of the molecule is c1ccc(-c2cc(-c3ccccc3)c3c(c2)C2CC2c2ccc(-c4c5ccccc5c(-c5ccccc5)c5ccccc45)cc2-3)cc1. The lowest BCUT2D eigenvalue weighted by Gasteiger charge is -2.25. The maximum atomic E-state index is 2.52. The van der Waals surface area contributed by atoms with Crippen molar-refractivity contribution in [2.75, 3.05) is 0 Å². The van der Waals surface area contributed by atoms with Gasteiger partial charge in [-0.2, -0.15) is 0 Å². The molecule has 0 aromatic heterocycles. The Morgan fingerprint density at radius 2 is 0.766 bits per heavy atom. The van der Waals surface area contributed by atoms with Crippen molar-refractivity contribution in [3.8, 4) is 55.6 Å². The number of hydrogen-bond donors (Lipinski definition) is 0. The average Bonchev–Trinajstić information content (AvgIpc) is 3.96. The highest BCUT2D eigenvalue weighted by molar-refractivity contribution is 6.21. The van der Waals surface area contributed by atoms with Gasteiger partial charge in [-0.1, -0.05) is 158 Å². The molecule has 0 nitrogen and oxygen atoms in total. The van der Waals surface area contributed by atoms with Gasteiger partial charge in [-0.05, 0) is 119 Å². The molecule has 0 aliphatic heterocycles. The number of rotatable bonds is 4. The van der Waals surface area contributed by atoms with Gasteiger partial charge in [0.25, 0.3) is 0 Å². The van der Waals surface area contributed by atoms with Gasteiger partial charge in [0.15, 0.2) is 0 Å². The predicted molar refractivity (Wildman–Crippen MR) is 199 cm³/mol. The summed E-state index contributed by atoms with van der Waals surface area (Å²) in [6, 6.07) is 63.0. The van der Waals surface area contributed by atoms with Gasteiger partial charge < -0.3 is 0 Å². The molecule has 8 aromatic carbocycles. The van der Waals surface area contributed by atoms with Crippen LogP contribution in [0.15, 0.2) is 170 Å². The van der Waals surface area contributed by atoms with Crippen molar-refractivity contribution in [1.29, 1.82) is 0 Å². The molecule has 8 aromatic rings. The Bertz CT molecular complexity index is 2410. The molecule has 0 amide bonds. The zero-order valence-corrected chi connectivity index (χ0v) is 26.0. The Morgan fingerprint density at radius 3 is 1.36 bits per heavy atom. The molecule has 1 fully saturated rings. The Labute approximate surface area is 275 Å². The van der Waals surface area contributed by atoms with Gasteiger partial charge in [-0.15, -0.1) is 0 Å². The fraction of sp³-hybridized carbons (Fsp3) is 0.0638. The Morgan fingerprint density at radius 1 is 0.298 bits per heavy atom. The van der Waals surface area contributed by atoms with Crippen molar-refractivity contribution >= 4 is 21.5 Å². The molecule has 0 radical (unpaired) electrons. The van der Waals surface area contributed by atoms with Crippen LogP contribution in [0, 0.1) is 0 Å². The molecule has 1 saturated carbocycles. The second-order valence-electron chi connectivity index (χ2n) is 13.2. The van der Waals surface area contributed by atoms with Crippen LogP contribution in [0.25, 0.3) is 77.2 Å². The summed E-state index contributed by atoms with van der Waals surface area (Å²) < 4.78 is 0. The highest BCUT2D eigenvalue weighted by atomic mass is 14.5. The highest BCUT2D eigenvalue weighted by Gasteiger charge is 2.46. The van der Waals surface area contributed by atoms with E-state index in [1.165, 1.54) is 94.7 Å². The molecule has 0 spiro atoms. The summed E-state index contributed by atoms with van der Waals surface area (Å²) >= 11 is 0. The van der Waals surface area contributed by atoms with Crippen LogP contribution in [0.1, 0.15) is 29.4 Å². The molecule has 220 valence electrons. The predicted octanol–water partition coefficient (Wildman–Crippen LogP) is 12.9. The second kappa shape index (κ2) is 10.4. The largest absolute Gasteiger partial charge is 0.0622 e. The maximum Gasteiger partial charge on any atom is -0.00262 e. The third kappa shape index (κ3) is 4.15. The highest BCUT2D eigenvalue weighted by Crippen LogP contribution is 2.64. The quantitative estimate of drug-likeness (QED) is 0.177. The van der Waals surface area contributed by atoms with Gasteiger partial charge >= 0.3 is 0 Å². The summed E-state index contributed by atoms with van der Waals surface area (Å²) in [5, 5.41) is 5.19. The summed E-state index contributed by atoms with van der Waals surface area (Å²) in [5.74, 6) is 1.18. The fourth-order valence-electron chi connectivity index (χ4n) is 8.39. The first kappa shape index (κ1) is 26.5. The molecule has 2 aliphatic carbocycles. The molecule has 0 bridgehead atoms. The molecule has 2 atom stereocenters. The van der Waals surface area contributed by atoms with Crippen LogP contribution < -0.4 is 0 Å². The average molecular weight is 597 g/mol. The third-order valence-corrected chi connectivity index (χ3v) is 10.6. The van der Waals surface area contributed by atoms with Crippen LogP contribution in [0.5, 0.6) is 0 Å². The lowest BCUT2D eigenvalue weighted by atomic mass is 9.78. The molecular weight excluding hydrogens is 565 g/mol. The molecule has 0 heteroatoms. The molecule has 2 aliphatic rings. The summed E-state index contributed by atoms with van der Waals surface area (Å²) in [5.41, 5.74) is 16.2. The van der Waals surface area contributed by atoms with Crippen molar-refractivity contribution in [2.24, 2.45) is 0 Å². The minimum Gasteiger partial charge on any atom is -0.0622 e. The summed E-state index contributed by atoms with van der Waals surface area (Å²) in [6.45, 7) is 0. The van der Waals surface area contributed by atoms with E-state index in [-0.39, 0.29) is 0 Å². The smallest absolute Gasteiger partial charge is 0.00262 e. The van der Waals surface area contributed by atoms with E-state index in [2.05, 4.69) is 170 Å². The van der Waals surface area contributed by atoms with Crippen LogP contribution in [0.2, 0.25) is 0 Å². The molecule has 0 saturated heterocycles. The zero-order chi connectivity index (χ0) is 30.9. The van der Waals surface area contributed by atoms with Crippen LogP contribution in [0.3, 0.4) is 0 Å². The van der Waals surface area contributed by atoms with E-state index in [4.69, 9.17) is 0 Å². The number of hydrogen-bond acceptors (Lipinski definition) is 0. The normalized spacial score (nSPS) is 16.0. The van der Waals surface area contributed by atoms with Gasteiger partial charge in [-0.3, -0.25) is 0 Å². The van der Waals surface area contributed by atoms with E-state index in [0.717, 1.165) is 0 Å². The lowest BCUT2D eigenvalue weighted by molar-refractivity contribution is 1.01. The number of fused-ring (bicyclic) bond motifs is 8. The van der Waals surface area contributed by atoms with E-state index in [1.54, 1.807) is 0 Å². The first-order chi connectivity index (χ1) is 23.3. The summed E-state index contributed by atoms with van der Waals surface area (Å²) in [4.78, 5) is 0. The van der Waals surface area contributed by atoms with Crippen molar-refractivity contribution in [1.82, 2.24) is 0 Å². The van der Waals surface area contributed by atoms with E-state index in [0.29, 0.717) is 11.8 Å². The second-order valence-corrected chi connectivity index (χ2v) is 13.2. The van der Waals surface area contributed by atoms with Crippen LogP contribution >= 0.6 is 0 Å². The minimum absolute atomic E-state index is 0.585. The fourth-order valence-corrected chi connectivity index (χ4v) is 8.39. The first-order valence-corrected chi connectivity index (χ1v) is 16.8. The molecule has 2 unspecified atom stereocenters. The number of benzene rings is 8. The van der Waals surface area contributed by atoms with Crippen molar-refractivity contribution in [3.63, 3.8) is 0 Å². The van der Waals surface area contributed by atoms with E-state index in [1.807, 2.05) is 0 Å². The van der Waals surface area contributed by atoms with Crippen molar-refractivity contribution in [2.45, 2.75) is 18.3 Å². The van der Waals surface area contributed by atoms with Crippen molar-refractivity contribution in [3.05, 3.63) is 181 Å². The first-order valence-electron chi connectivity index (χ1n) is 16.8. The van der Waals surface area contributed by atoms with Gasteiger partial charge in [-0.25, -0.2) is 0 Å². The molecule has 10 rings (SSSR count). The van der Waals surface area contributed by atoms with Crippen molar-refractivity contribution < 1.29 is 0 Å². The lowest BCUT2D eigenvalue weighted by Crippen LogP contribution is -2.03. The standard InChI is InChI=1S/C47H32/c1-4-14-30(15-5-1)34-27-40(31-16-6-2-7-17-31)47-43-26-33(24-25-35(43)41-29-42(41)44(47)28-34)46-38-22-12-10-20-36(38)45(32-18-8-3-9-19-32)37-21-11-13-23-39(37)46/h1-28,41-42H,29H2. The Hall–Kier alpha value is -5.72. The molecular formula is C47H32. The van der Waals surface area contributed by atoms with Gasteiger partial charge in [0.05, 0.1) is 0 Å². The van der Waals surface area contributed by atoms with Gasteiger partial charge in [0.1, 0.15) is 0 Å². The Balaban J connectivity index is 1.26. The molecule has 0 N–H and O–H groups in total. The zero-order valence-electron chi connectivity index (χ0n) is 26.0. The Kier molecular flexibility index (Phi) is 5.87. The van der Waals surface area contributed by atoms with Crippen LogP contribution in [0.4, 0.5) is 0 Å². The summed E-state index contributed by atoms with van der Waals surface area (Å²) in [6.07, 6.45) is 1.23. The third-order valence-electron chi connectivity index (χ3n) is 10.6. The topological polar surface area (TPSA) is 0 Å². The monoisotopic (exact) mass is 596 g/mol. The van der Waals surface area contributed by atoms with Gasteiger partial charge in [0, 0.05) is 0 Å². The van der Waals surface area contributed by atoms with Gasteiger partial charge in [0.2, 0.25) is 0 Å². The maximum absolute atomic E-state index is 2.52.